The van der Waals surface area contributed by atoms with Crippen molar-refractivity contribution in [2.24, 2.45) is 11.7 Å². The highest BCUT2D eigenvalue weighted by atomic mass is 16.5. The molecular weight excluding hydrogens is 228 g/mol. The summed E-state index contributed by atoms with van der Waals surface area (Å²) >= 11 is 0. The Morgan fingerprint density at radius 2 is 2.00 bits per heavy atom. The number of amides is 1. The highest BCUT2D eigenvalue weighted by Crippen LogP contribution is 2.26. The number of piperidine rings is 1. The number of likely N-dealkylation sites (tertiary alicyclic amines) is 1. The fraction of sp³-hybridized carbons (Fsp3) is 0.929. The van der Waals surface area contributed by atoms with Crippen molar-refractivity contribution >= 4 is 5.91 Å². The zero-order chi connectivity index (χ0) is 13.0. The zero-order valence-electron chi connectivity index (χ0n) is 11.4. The summed E-state index contributed by atoms with van der Waals surface area (Å²) in [5, 5.41) is 0. The lowest BCUT2D eigenvalue weighted by Crippen LogP contribution is -2.45. The van der Waals surface area contributed by atoms with Gasteiger partial charge in [-0.25, -0.2) is 0 Å². The molecule has 2 unspecified atom stereocenters. The smallest absolute Gasteiger partial charge is 0.225 e. The second-order valence-corrected chi connectivity index (χ2v) is 5.60. The van der Waals surface area contributed by atoms with E-state index in [4.69, 9.17) is 10.5 Å². The molecule has 1 amide bonds. The Kier molecular flexibility index (Phi) is 5.01. The molecule has 1 heterocycles. The van der Waals surface area contributed by atoms with Crippen LogP contribution < -0.4 is 5.73 Å². The fourth-order valence-electron chi connectivity index (χ4n) is 3.19. The minimum absolute atomic E-state index is 0.178. The predicted octanol–water partition coefficient (Wildman–Crippen LogP) is 1.53. The molecule has 0 aromatic rings. The Balaban J connectivity index is 1.80. The number of ether oxygens (including phenoxy) is 1. The Morgan fingerprint density at radius 3 is 2.61 bits per heavy atom. The summed E-state index contributed by atoms with van der Waals surface area (Å²) in [4.78, 5) is 14.4. The minimum atomic E-state index is 0.178. The number of carbonyl (C=O) groups is 1. The van der Waals surface area contributed by atoms with Crippen LogP contribution in [-0.4, -0.2) is 42.6 Å². The lowest BCUT2D eigenvalue weighted by atomic mass is 9.85. The Hall–Kier alpha value is -0.610. The monoisotopic (exact) mass is 254 g/mol. The molecule has 4 nitrogen and oxygen atoms in total. The number of carbonyl (C=O) groups excluding carboxylic acids is 1. The minimum Gasteiger partial charge on any atom is -0.378 e. The van der Waals surface area contributed by atoms with Crippen LogP contribution in [-0.2, 0) is 9.53 Å². The van der Waals surface area contributed by atoms with Crippen LogP contribution in [0, 0.1) is 5.92 Å². The van der Waals surface area contributed by atoms with E-state index in [2.05, 4.69) is 0 Å². The molecule has 2 aliphatic rings. The normalized spacial score (nSPS) is 30.4. The molecule has 2 rings (SSSR count). The van der Waals surface area contributed by atoms with E-state index in [9.17, 15) is 4.79 Å². The summed E-state index contributed by atoms with van der Waals surface area (Å²) in [5.74, 6) is 0.512. The third-order valence-electron chi connectivity index (χ3n) is 4.22. The first-order valence-corrected chi connectivity index (χ1v) is 7.36. The molecule has 0 aromatic heterocycles. The van der Waals surface area contributed by atoms with Crippen molar-refractivity contribution in [2.75, 3.05) is 19.7 Å². The van der Waals surface area contributed by atoms with Crippen molar-refractivity contribution < 1.29 is 9.53 Å². The molecule has 0 spiro atoms. The van der Waals surface area contributed by atoms with Gasteiger partial charge in [0.05, 0.1) is 6.10 Å². The molecule has 0 radical (unpaired) electrons. The number of nitrogens with zero attached hydrogens (tertiary/aromatic N) is 1. The molecule has 104 valence electrons. The Morgan fingerprint density at radius 1 is 1.28 bits per heavy atom. The molecule has 2 atom stereocenters. The van der Waals surface area contributed by atoms with E-state index in [0.29, 0.717) is 12.0 Å². The number of rotatable bonds is 3. The molecular formula is C14H26N2O2. The highest BCUT2D eigenvalue weighted by molar-refractivity contribution is 5.79. The van der Waals surface area contributed by atoms with Gasteiger partial charge in [-0.15, -0.1) is 0 Å². The van der Waals surface area contributed by atoms with Crippen molar-refractivity contribution in [1.82, 2.24) is 4.90 Å². The van der Waals surface area contributed by atoms with Gasteiger partial charge in [0.1, 0.15) is 0 Å². The second kappa shape index (κ2) is 6.53. The zero-order valence-corrected chi connectivity index (χ0v) is 11.4. The summed E-state index contributed by atoms with van der Waals surface area (Å²) in [6.45, 7) is 4.52. The summed E-state index contributed by atoms with van der Waals surface area (Å²) in [7, 11) is 0. The molecule has 1 saturated heterocycles. The molecule has 0 aromatic carbocycles. The van der Waals surface area contributed by atoms with Crippen LogP contribution in [0.2, 0.25) is 0 Å². The van der Waals surface area contributed by atoms with Crippen molar-refractivity contribution in [2.45, 2.75) is 57.6 Å². The van der Waals surface area contributed by atoms with E-state index in [1.807, 2.05) is 11.8 Å². The van der Waals surface area contributed by atoms with Crippen LogP contribution in [0.3, 0.4) is 0 Å². The van der Waals surface area contributed by atoms with Gasteiger partial charge in [0.25, 0.3) is 0 Å². The Labute approximate surface area is 110 Å². The quantitative estimate of drug-likeness (QED) is 0.831. The van der Waals surface area contributed by atoms with E-state index in [-0.39, 0.29) is 12.0 Å². The topological polar surface area (TPSA) is 55.6 Å². The van der Waals surface area contributed by atoms with Crippen LogP contribution in [0.5, 0.6) is 0 Å². The molecule has 2 N–H and O–H groups in total. The maximum Gasteiger partial charge on any atom is 0.225 e. The average molecular weight is 254 g/mol. The van der Waals surface area contributed by atoms with Crippen LogP contribution in [0.4, 0.5) is 0 Å². The average Bonchev–Trinajstić information content (AvgIpc) is 2.39. The van der Waals surface area contributed by atoms with Gasteiger partial charge in [0.15, 0.2) is 0 Å². The van der Waals surface area contributed by atoms with Crippen LogP contribution in [0.25, 0.3) is 0 Å². The van der Waals surface area contributed by atoms with Gasteiger partial charge in [-0.05, 0) is 39.0 Å². The van der Waals surface area contributed by atoms with Gasteiger partial charge in [-0.3, -0.25) is 4.79 Å². The van der Waals surface area contributed by atoms with Crippen molar-refractivity contribution in [3.8, 4) is 0 Å². The molecule has 4 heteroatoms. The maximum atomic E-state index is 12.4. The summed E-state index contributed by atoms with van der Waals surface area (Å²) in [5.41, 5.74) is 5.96. The third kappa shape index (κ3) is 3.45. The van der Waals surface area contributed by atoms with Crippen LogP contribution in [0.1, 0.15) is 45.4 Å². The summed E-state index contributed by atoms with van der Waals surface area (Å²) in [6, 6.07) is 0.230. The first kappa shape index (κ1) is 13.8. The molecule has 18 heavy (non-hydrogen) atoms. The van der Waals surface area contributed by atoms with Crippen molar-refractivity contribution in [3.05, 3.63) is 0 Å². The molecule has 2 fully saturated rings. The van der Waals surface area contributed by atoms with Gasteiger partial charge < -0.3 is 15.4 Å². The maximum absolute atomic E-state index is 12.4. The largest absolute Gasteiger partial charge is 0.378 e. The summed E-state index contributed by atoms with van der Waals surface area (Å²) < 4.78 is 5.62. The molecule has 1 aliphatic heterocycles. The van der Waals surface area contributed by atoms with Crippen molar-refractivity contribution in [1.29, 1.82) is 0 Å². The lowest BCUT2D eigenvalue weighted by Gasteiger charge is -2.36. The predicted molar refractivity (Wildman–Crippen MR) is 71.2 cm³/mol. The highest BCUT2D eigenvalue weighted by Gasteiger charge is 2.31. The van der Waals surface area contributed by atoms with E-state index < -0.39 is 0 Å². The lowest BCUT2D eigenvalue weighted by molar-refractivity contribution is -0.139. The Bertz CT molecular complexity index is 275. The van der Waals surface area contributed by atoms with Gasteiger partial charge in [-0.2, -0.15) is 0 Å². The molecule has 1 aliphatic carbocycles. The van der Waals surface area contributed by atoms with Gasteiger partial charge in [0, 0.05) is 31.7 Å². The summed E-state index contributed by atoms with van der Waals surface area (Å²) in [6.07, 6.45) is 6.41. The van der Waals surface area contributed by atoms with E-state index in [1.54, 1.807) is 0 Å². The molecule has 0 bridgehead atoms. The first-order valence-electron chi connectivity index (χ1n) is 7.36. The molecule has 1 saturated carbocycles. The van der Waals surface area contributed by atoms with Gasteiger partial charge in [0.2, 0.25) is 5.91 Å². The fourth-order valence-corrected chi connectivity index (χ4v) is 3.19. The number of hydrogen-bond acceptors (Lipinski definition) is 3. The van der Waals surface area contributed by atoms with Crippen molar-refractivity contribution in [3.63, 3.8) is 0 Å². The standard InChI is InChI=1S/C14H26N2O2/c1-2-18-13-6-8-16(9-7-13)14(17)11-4-3-5-12(15)10-11/h11-13H,2-10,15H2,1H3. The van der Waals surface area contributed by atoms with E-state index >= 15 is 0 Å². The first-order chi connectivity index (χ1) is 8.70. The van der Waals surface area contributed by atoms with E-state index in [0.717, 1.165) is 58.2 Å². The second-order valence-electron chi connectivity index (χ2n) is 5.60. The van der Waals surface area contributed by atoms with E-state index in [1.165, 1.54) is 0 Å². The van der Waals surface area contributed by atoms with Gasteiger partial charge >= 0.3 is 0 Å². The third-order valence-corrected chi connectivity index (χ3v) is 4.22. The number of nitrogens with two attached hydrogens (primary N) is 1. The number of hydrogen-bond donors (Lipinski definition) is 1. The van der Waals surface area contributed by atoms with Crippen LogP contribution >= 0.6 is 0 Å². The van der Waals surface area contributed by atoms with Crippen LogP contribution in [0.15, 0.2) is 0 Å². The van der Waals surface area contributed by atoms with Gasteiger partial charge in [-0.1, -0.05) is 6.42 Å². The SMILES string of the molecule is CCOC1CCN(C(=O)C2CCCC(N)C2)CC1.